The van der Waals surface area contributed by atoms with Gasteiger partial charge >= 0.3 is 0 Å². The summed E-state index contributed by atoms with van der Waals surface area (Å²) in [5.74, 6) is 0.710. The molecule has 0 saturated heterocycles. The molecule has 0 bridgehead atoms. The Morgan fingerprint density at radius 1 is 1.40 bits per heavy atom. The Morgan fingerprint density at radius 3 is 2.65 bits per heavy atom. The average molecular weight is 335 g/mol. The van der Waals surface area contributed by atoms with Crippen molar-refractivity contribution in [2.75, 3.05) is 20.6 Å². The van der Waals surface area contributed by atoms with E-state index in [4.69, 9.17) is 16.0 Å². The van der Waals surface area contributed by atoms with E-state index in [0.717, 1.165) is 11.3 Å². The van der Waals surface area contributed by atoms with Crippen LogP contribution in [0.15, 0.2) is 39.2 Å². The van der Waals surface area contributed by atoms with Crippen molar-refractivity contribution in [3.8, 4) is 0 Å². The average Bonchev–Trinajstić information content (AvgIpc) is 3.00. The molecule has 2 heterocycles. The number of furan rings is 1. The Bertz CT molecular complexity index is 650. The Kier molecular flexibility index (Phi) is 4.87. The molecule has 2 aromatic heterocycles. The molecule has 1 unspecified atom stereocenters. The van der Waals surface area contributed by atoms with Crippen molar-refractivity contribution >= 4 is 33.0 Å². The number of likely N-dealkylation sites (N-methyl/N-ethyl adjacent to an activating group) is 1. The number of rotatable bonds is 6. The van der Waals surface area contributed by atoms with Crippen LogP contribution in [0, 0.1) is 0 Å². The van der Waals surface area contributed by atoms with E-state index >= 15 is 0 Å². The number of hydrogen-bond acceptors (Lipinski definition) is 5. The second-order valence-corrected chi connectivity index (χ2v) is 8.11. The minimum Gasteiger partial charge on any atom is -0.468 e. The fourth-order valence-corrected chi connectivity index (χ4v) is 4.29. The highest BCUT2D eigenvalue weighted by Crippen LogP contribution is 2.26. The van der Waals surface area contributed by atoms with E-state index < -0.39 is 10.0 Å². The molecule has 0 aliphatic rings. The highest BCUT2D eigenvalue weighted by Gasteiger charge is 2.22. The minimum absolute atomic E-state index is 0.171. The minimum atomic E-state index is -3.54. The smallest absolute Gasteiger partial charge is 0.250 e. The molecule has 1 N–H and O–H groups in total. The molecule has 0 aliphatic carbocycles. The molecule has 0 aromatic carbocycles. The highest BCUT2D eigenvalue weighted by atomic mass is 35.5. The normalized spacial score (nSPS) is 13.8. The zero-order chi connectivity index (χ0) is 14.8. The third kappa shape index (κ3) is 3.62. The Morgan fingerprint density at radius 2 is 2.15 bits per heavy atom. The van der Waals surface area contributed by atoms with E-state index in [-0.39, 0.29) is 16.8 Å². The number of hydrogen-bond donors (Lipinski definition) is 1. The maximum absolute atomic E-state index is 12.1. The molecule has 0 saturated carbocycles. The van der Waals surface area contributed by atoms with E-state index in [2.05, 4.69) is 4.72 Å². The highest BCUT2D eigenvalue weighted by molar-refractivity contribution is 7.91. The zero-order valence-corrected chi connectivity index (χ0v) is 13.4. The summed E-state index contributed by atoms with van der Waals surface area (Å²) in [7, 11) is 0.186. The van der Waals surface area contributed by atoms with E-state index in [1.165, 1.54) is 6.07 Å². The third-order valence-electron chi connectivity index (χ3n) is 2.78. The van der Waals surface area contributed by atoms with Crippen molar-refractivity contribution in [1.82, 2.24) is 9.62 Å². The lowest BCUT2D eigenvalue weighted by Crippen LogP contribution is -2.34. The maximum Gasteiger partial charge on any atom is 0.250 e. The molecule has 5 nitrogen and oxygen atoms in total. The number of thiophene rings is 1. The van der Waals surface area contributed by atoms with Crippen LogP contribution >= 0.6 is 22.9 Å². The molecule has 1 atom stereocenters. The lowest BCUT2D eigenvalue weighted by Gasteiger charge is -2.22. The van der Waals surface area contributed by atoms with E-state index in [9.17, 15) is 8.42 Å². The molecule has 0 amide bonds. The van der Waals surface area contributed by atoms with Gasteiger partial charge in [0.1, 0.15) is 9.97 Å². The first kappa shape index (κ1) is 15.5. The van der Waals surface area contributed by atoms with Crippen molar-refractivity contribution < 1.29 is 12.8 Å². The number of nitrogens with one attached hydrogen (secondary N) is 1. The summed E-state index contributed by atoms with van der Waals surface area (Å²) in [4.78, 5) is 1.89. The molecule has 20 heavy (non-hydrogen) atoms. The van der Waals surface area contributed by atoms with Crippen molar-refractivity contribution in [1.29, 1.82) is 0 Å². The number of nitrogens with zero attached hydrogens (tertiary/aromatic N) is 1. The summed E-state index contributed by atoms with van der Waals surface area (Å²) in [6.45, 7) is 0.221. The largest absolute Gasteiger partial charge is 0.468 e. The second kappa shape index (κ2) is 6.28. The van der Waals surface area contributed by atoms with Gasteiger partial charge in [0, 0.05) is 6.54 Å². The van der Waals surface area contributed by atoms with Gasteiger partial charge in [0.15, 0.2) is 0 Å². The lowest BCUT2D eigenvalue weighted by atomic mass is 10.2. The van der Waals surface area contributed by atoms with Crippen LogP contribution in [0.1, 0.15) is 11.8 Å². The van der Waals surface area contributed by atoms with Crippen molar-refractivity contribution in [3.63, 3.8) is 0 Å². The van der Waals surface area contributed by atoms with E-state index in [1.54, 1.807) is 18.4 Å². The maximum atomic E-state index is 12.1. The summed E-state index contributed by atoms with van der Waals surface area (Å²) in [6, 6.07) is 6.49. The van der Waals surface area contributed by atoms with Gasteiger partial charge in [-0.05, 0) is 38.4 Å². The van der Waals surface area contributed by atoms with E-state index in [0.29, 0.717) is 10.1 Å². The van der Waals surface area contributed by atoms with Gasteiger partial charge in [-0.1, -0.05) is 11.6 Å². The Balaban J connectivity index is 2.10. The Labute approximate surface area is 127 Å². The van der Waals surface area contributed by atoms with Gasteiger partial charge in [0.2, 0.25) is 10.0 Å². The van der Waals surface area contributed by atoms with Gasteiger partial charge in [0.25, 0.3) is 0 Å². The first-order valence-corrected chi connectivity index (χ1v) is 8.53. The summed E-state index contributed by atoms with van der Waals surface area (Å²) >= 11 is 6.79. The van der Waals surface area contributed by atoms with Crippen LogP contribution in [0.25, 0.3) is 0 Å². The predicted octanol–water partition coefficient (Wildman–Crippen LogP) is 2.58. The molecule has 110 valence electrons. The molecule has 2 aromatic rings. The van der Waals surface area contributed by atoms with Gasteiger partial charge in [-0.25, -0.2) is 13.1 Å². The lowest BCUT2D eigenvalue weighted by molar-refractivity contribution is 0.259. The third-order valence-corrected chi connectivity index (χ3v) is 5.92. The SMILES string of the molecule is CN(C)C(CNS(=O)(=O)c1ccc(Cl)s1)c1ccco1. The van der Waals surface area contributed by atoms with Gasteiger partial charge in [0.05, 0.1) is 16.6 Å². The van der Waals surface area contributed by atoms with Gasteiger partial charge in [-0.2, -0.15) is 0 Å². The van der Waals surface area contributed by atoms with Crippen LogP contribution in [0.3, 0.4) is 0 Å². The quantitative estimate of drug-likeness (QED) is 0.882. The summed E-state index contributed by atoms with van der Waals surface area (Å²) in [6.07, 6.45) is 1.57. The number of sulfonamides is 1. The van der Waals surface area contributed by atoms with Crippen molar-refractivity contribution in [2.24, 2.45) is 0 Å². The molecule has 0 radical (unpaired) electrons. The molecule has 0 spiro atoms. The topological polar surface area (TPSA) is 62.6 Å². The molecule has 8 heteroatoms. The van der Waals surface area contributed by atoms with Crippen LogP contribution < -0.4 is 4.72 Å². The second-order valence-electron chi connectivity index (χ2n) is 4.41. The molecule has 0 fully saturated rings. The Hall–Kier alpha value is -0.860. The van der Waals surface area contributed by atoms with Crippen LogP contribution in [0.5, 0.6) is 0 Å². The molecular weight excluding hydrogens is 320 g/mol. The van der Waals surface area contributed by atoms with E-state index in [1.807, 2.05) is 25.1 Å². The number of halogens is 1. The van der Waals surface area contributed by atoms with Gasteiger partial charge in [-0.3, -0.25) is 4.90 Å². The van der Waals surface area contributed by atoms with Crippen LogP contribution in [0.4, 0.5) is 0 Å². The van der Waals surface area contributed by atoms with Gasteiger partial charge < -0.3 is 4.42 Å². The molecular formula is C12H15ClN2O3S2. The zero-order valence-electron chi connectivity index (χ0n) is 11.0. The van der Waals surface area contributed by atoms with Crippen molar-refractivity contribution in [2.45, 2.75) is 10.3 Å². The van der Waals surface area contributed by atoms with Crippen LogP contribution in [-0.2, 0) is 10.0 Å². The predicted molar refractivity (Wildman–Crippen MR) is 79.7 cm³/mol. The monoisotopic (exact) mass is 334 g/mol. The summed E-state index contributed by atoms with van der Waals surface area (Å²) in [5.41, 5.74) is 0. The van der Waals surface area contributed by atoms with Crippen molar-refractivity contribution in [3.05, 3.63) is 40.6 Å². The summed E-state index contributed by atoms with van der Waals surface area (Å²) < 4.78 is 32.8. The standard InChI is InChI=1S/C12H15ClN2O3S2/c1-15(2)9(10-4-3-7-18-10)8-14-20(16,17)12-6-5-11(13)19-12/h3-7,9,14H,8H2,1-2H3. The summed E-state index contributed by atoms with van der Waals surface area (Å²) in [5, 5.41) is 0. The molecule has 2 rings (SSSR count). The fraction of sp³-hybridized carbons (Fsp3) is 0.333. The fourth-order valence-electron chi connectivity index (χ4n) is 1.72. The first-order valence-electron chi connectivity index (χ1n) is 5.85. The first-order chi connectivity index (χ1) is 9.40. The van der Waals surface area contributed by atoms with Gasteiger partial charge in [-0.15, -0.1) is 11.3 Å². The molecule has 0 aliphatic heterocycles. The van der Waals surface area contributed by atoms with Crippen LogP contribution in [0.2, 0.25) is 4.34 Å². The van der Waals surface area contributed by atoms with Crippen LogP contribution in [-0.4, -0.2) is 34.0 Å².